The van der Waals surface area contributed by atoms with Gasteiger partial charge in [-0.05, 0) is 25.1 Å². The van der Waals surface area contributed by atoms with Crippen molar-refractivity contribution in [2.24, 2.45) is 0 Å². The van der Waals surface area contributed by atoms with Crippen LogP contribution in [-0.2, 0) is 10.5 Å². The first-order chi connectivity index (χ1) is 10.6. The van der Waals surface area contributed by atoms with Crippen LogP contribution in [0.5, 0.6) is 0 Å². The number of hydrogen-bond donors (Lipinski definition) is 1. The summed E-state index contributed by atoms with van der Waals surface area (Å²) in [5.74, 6) is -0.626. The number of thioether (sulfide) groups is 1. The van der Waals surface area contributed by atoms with E-state index in [1.165, 1.54) is 11.2 Å². The highest BCUT2D eigenvalue weighted by Crippen LogP contribution is 2.25. The zero-order valence-corrected chi connectivity index (χ0v) is 13.0. The summed E-state index contributed by atoms with van der Waals surface area (Å²) in [6.07, 6.45) is 1.46. The van der Waals surface area contributed by atoms with Gasteiger partial charge in [0.05, 0.1) is 6.26 Å². The lowest BCUT2D eigenvalue weighted by Crippen LogP contribution is -2.35. The standard InChI is InChI=1S/C16H17NO4S/c1-2-17(10-14(18)19)16(20)15-12(8-9-21-15)11-22-13-6-4-3-5-7-13/h3-9H,2,10-11H2,1H3,(H,18,19). The van der Waals surface area contributed by atoms with Gasteiger partial charge in [0, 0.05) is 22.8 Å². The number of rotatable bonds is 7. The predicted octanol–water partition coefficient (Wildman–Crippen LogP) is 3.12. The van der Waals surface area contributed by atoms with E-state index >= 15 is 0 Å². The molecule has 0 aliphatic rings. The number of aliphatic carboxylic acids is 1. The van der Waals surface area contributed by atoms with Crippen LogP contribution in [0, 0.1) is 0 Å². The van der Waals surface area contributed by atoms with Crippen molar-refractivity contribution in [1.82, 2.24) is 4.90 Å². The van der Waals surface area contributed by atoms with Crippen molar-refractivity contribution in [2.45, 2.75) is 17.6 Å². The first kappa shape index (κ1) is 16.2. The summed E-state index contributed by atoms with van der Waals surface area (Å²) in [5.41, 5.74) is 0.766. The quantitative estimate of drug-likeness (QED) is 0.794. The van der Waals surface area contributed by atoms with E-state index in [0.717, 1.165) is 10.5 Å². The van der Waals surface area contributed by atoms with Crippen LogP contribution in [0.25, 0.3) is 0 Å². The fourth-order valence-electron chi connectivity index (χ4n) is 1.95. The molecule has 2 rings (SSSR count). The highest BCUT2D eigenvalue weighted by Gasteiger charge is 2.22. The molecule has 22 heavy (non-hydrogen) atoms. The van der Waals surface area contributed by atoms with Crippen LogP contribution >= 0.6 is 11.8 Å². The van der Waals surface area contributed by atoms with E-state index in [-0.39, 0.29) is 12.3 Å². The molecule has 1 aromatic heterocycles. The normalized spacial score (nSPS) is 10.4. The monoisotopic (exact) mass is 319 g/mol. The lowest BCUT2D eigenvalue weighted by molar-refractivity contribution is -0.137. The fraction of sp³-hybridized carbons (Fsp3) is 0.250. The largest absolute Gasteiger partial charge is 0.480 e. The molecule has 1 aromatic carbocycles. The second kappa shape index (κ2) is 7.70. The molecule has 116 valence electrons. The highest BCUT2D eigenvalue weighted by atomic mass is 32.2. The van der Waals surface area contributed by atoms with E-state index in [4.69, 9.17) is 9.52 Å². The number of benzene rings is 1. The number of amides is 1. The maximum absolute atomic E-state index is 12.4. The van der Waals surface area contributed by atoms with Crippen LogP contribution < -0.4 is 0 Å². The molecule has 0 saturated carbocycles. The number of likely N-dealkylation sites (N-methyl/N-ethyl adjacent to an activating group) is 1. The van der Waals surface area contributed by atoms with Gasteiger partial charge in [-0.3, -0.25) is 9.59 Å². The molecule has 0 spiro atoms. The number of furan rings is 1. The minimum Gasteiger partial charge on any atom is -0.480 e. The Morgan fingerprint density at radius 3 is 2.59 bits per heavy atom. The summed E-state index contributed by atoms with van der Waals surface area (Å²) in [7, 11) is 0. The number of carboxylic acids is 1. The summed E-state index contributed by atoms with van der Waals surface area (Å²) in [5, 5.41) is 8.85. The molecule has 1 amide bonds. The van der Waals surface area contributed by atoms with E-state index < -0.39 is 11.9 Å². The lowest BCUT2D eigenvalue weighted by Gasteiger charge is -2.17. The number of carboxylic acid groups (broad SMARTS) is 1. The van der Waals surface area contributed by atoms with Gasteiger partial charge in [-0.25, -0.2) is 0 Å². The van der Waals surface area contributed by atoms with Crippen molar-refractivity contribution >= 4 is 23.6 Å². The lowest BCUT2D eigenvalue weighted by atomic mass is 10.2. The van der Waals surface area contributed by atoms with Gasteiger partial charge in [0.2, 0.25) is 0 Å². The topological polar surface area (TPSA) is 70.8 Å². The van der Waals surface area contributed by atoms with Crippen LogP contribution in [-0.4, -0.2) is 35.0 Å². The Labute approximate surface area is 132 Å². The van der Waals surface area contributed by atoms with Crippen molar-refractivity contribution < 1.29 is 19.1 Å². The molecule has 5 nitrogen and oxygen atoms in total. The molecule has 0 fully saturated rings. The smallest absolute Gasteiger partial charge is 0.323 e. The zero-order valence-electron chi connectivity index (χ0n) is 12.2. The van der Waals surface area contributed by atoms with E-state index in [1.807, 2.05) is 30.3 Å². The third kappa shape index (κ3) is 4.14. The minimum atomic E-state index is -1.04. The van der Waals surface area contributed by atoms with E-state index in [9.17, 15) is 9.59 Å². The molecular formula is C16H17NO4S. The van der Waals surface area contributed by atoms with Crippen LogP contribution in [0.1, 0.15) is 23.0 Å². The molecule has 0 saturated heterocycles. The molecule has 1 N–H and O–H groups in total. The third-order valence-corrected chi connectivity index (χ3v) is 4.13. The van der Waals surface area contributed by atoms with E-state index in [1.54, 1.807) is 24.8 Å². The Kier molecular flexibility index (Phi) is 5.66. The second-order valence-corrected chi connectivity index (χ2v) is 5.64. The molecule has 0 atom stereocenters. The van der Waals surface area contributed by atoms with Gasteiger partial charge in [0.15, 0.2) is 5.76 Å². The van der Waals surface area contributed by atoms with Crippen LogP contribution in [0.4, 0.5) is 0 Å². The number of carbonyl (C=O) groups is 2. The maximum atomic E-state index is 12.4. The number of hydrogen-bond acceptors (Lipinski definition) is 4. The molecule has 0 radical (unpaired) electrons. The van der Waals surface area contributed by atoms with Crippen LogP contribution in [0.15, 0.2) is 52.0 Å². The average Bonchev–Trinajstić information content (AvgIpc) is 2.99. The van der Waals surface area contributed by atoms with Gasteiger partial charge in [0.25, 0.3) is 5.91 Å². The Hall–Kier alpha value is -2.21. The average molecular weight is 319 g/mol. The predicted molar refractivity (Wildman–Crippen MR) is 83.9 cm³/mol. The Balaban J connectivity index is 2.08. The fourth-order valence-corrected chi connectivity index (χ4v) is 2.85. The minimum absolute atomic E-state index is 0.214. The van der Waals surface area contributed by atoms with Gasteiger partial charge < -0.3 is 14.4 Å². The molecule has 2 aromatic rings. The van der Waals surface area contributed by atoms with Gasteiger partial charge in [-0.2, -0.15) is 0 Å². The molecule has 1 heterocycles. The van der Waals surface area contributed by atoms with Crippen molar-refractivity contribution in [3.8, 4) is 0 Å². The maximum Gasteiger partial charge on any atom is 0.323 e. The summed E-state index contributed by atoms with van der Waals surface area (Å²) >= 11 is 1.60. The number of carbonyl (C=O) groups excluding carboxylic acids is 1. The summed E-state index contributed by atoms with van der Waals surface area (Å²) in [4.78, 5) is 25.5. The Bertz CT molecular complexity index is 639. The molecular weight excluding hydrogens is 302 g/mol. The summed E-state index contributed by atoms with van der Waals surface area (Å²) in [6.45, 7) is 1.72. The van der Waals surface area contributed by atoms with Crippen LogP contribution in [0.2, 0.25) is 0 Å². The van der Waals surface area contributed by atoms with Crippen LogP contribution in [0.3, 0.4) is 0 Å². The zero-order chi connectivity index (χ0) is 15.9. The Morgan fingerprint density at radius 1 is 1.23 bits per heavy atom. The molecule has 0 unspecified atom stereocenters. The third-order valence-electron chi connectivity index (χ3n) is 3.07. The summed E-state index contributed by atoms with van der Waals surface area (Å²) in [6, 6.07) is 11.6. The molecule has 0 aliphatic heterocycles. The van der Waals surface area contributed by atoms with Crippen molar-refractivity contribution in [3.63, 3.8) is 0 Å². The highest BCUT2D eigenvalue weighted by molar-refractivity contribution is 7.98. The molecule has 0 bridgehead atoms. The van der Waals surface area contributed by atoms with Gasteiger partial charge in [-0.15, -0.1) is 11.8 Å². The molecule has 6 heteroatoms. The van der Waals surface area contributed by atoms with E-state index in [2.05, 4.69) is 0 Å². The van der Waals surface area contributed by atoms with Gasteiger partial charge in [-0.1, -0.05) is 18.2 Å². The van der Waals surface area contributed by atoms with Crippen molar-refractivity contribution in [1.29, 1.82) is 0 Å². The molecule has 0 aliphatic carbocycles. The first-order valence-electron chi connectivity index (χ1n) is 6.87. The number of nitrogens with zero attached hydrogens (tertiary/aromatic N) is 1. The SMILES string of the molecule is CCN(CC(=O)O)C(=O)c1occc1CSc1ccccc1. The van der Waals surface area contributed by atoms with Crippen molar-refractivity contribution in [2.75, 3.05) is 13.1 Å². The van der Waals surface area contributed by atoms with Gasteiger partial charge in [0.1, 0.15) is 6.54 Å². The second-order valence-electron chi connectivity index (χ2n) is 4.59. The van der Waals surface area contributed by atoms with Crippen molar-refractivity contribution in [3.05, 3.63) is 54.0 Å². The van der Waals surface area contributed by atoms with Gasteiger partial charge >= 0.3 is 5.97 Å². The van der Waals surface area contributed by atoms with E-state index in [0.29, 0.717) is 12.3 Å². The first-order valence-corrected chi connectivity index (χ1v) is 7.85. The Morgan fingerprint density at radius 2 is 1.95 bits per heavy atom. The summed E-state index contributed by atoms with van der Waals surface area (Å²) < 4.78 is 5.28.